The van der Waals surface area contributed by atoms with Crippen molar-refractivity contribution in [3.63, 3.8) is 0 Å². The van der Waals surface area contributed by atoms with Crippen molar-refractivity contribution < 1.29 is 9.28 Å². The predicted octanol–water partition coefficient (Wildman–Crippen LogP) is 2.33. The summed E-state index contributed by atoms with van der Waals surface area (Å²) in [5.41, 5.74) is 0. The van der Waals surface area contributed by atoms with Crippen LogP contribution in [-0.4, -0.2) is 30.0 Å². The molecule has 0 aromatic rings. The Balaban J connectivity index is 2.67. The molecule has 0 atom stereocenters. The molecule has 0 saturated carbocycles. The molecule has 0 aromatic carbocycles. The third kappa shape index (κ3) is 2.31. The van der Waals surface area contributed by atoms with Crippen LogP contribution in [0.15, 0.2) is 0 Å². The fraction of sp³-hybridized carbons (Fsp3) is 0.909. The van der Waals surface area contributed by atoms with E-state index < -0.39 is 0 Å². The van der Waals surface area contributed by atoms with Crippen LogP contribution in [0.5, 0.6) is 0 Å². The third-order valence-corrected chi connectivity index (χ3v) is 3.06. The number of hydrogen-bond donors (Lipinski definition) is 0. The molecule has 0 aliphatic carbocycles. The second-order valence-corrected chi connectivity index (χ2v) is 4.17. The normalized spacial score (nSPS) is 21.8. The molecule has 2 nitrogen and oxygen atoms in total. The van der Waals surface area contributed by atoms with Gasteiger partial charge in [-0.2, -0.15) is 0 Å². The first-order valence-electron chi connectivity index (χ1n) is 5.64. The van der Waals surface area contributed by atoms with Crippen molar-refractivity contribution in [2.45, 2.75) is 46.0 Å². The molecule has 0 unspecified atom stereocenters. The van der Waals surface area contributed by atoms with Gasteiger partial charge in [-0.05, 0) is 25.7 Å². The van der Waals surface area contributed by atoms with Gasteiger partial charge in [0.05, 0.1) is 26.1 Å². The number of carbonyl (C=O) groups excluding carboxylic acids is 1. The average molecular weight is 184 g/mol. The average Bonchev–Trinajstić information content (AvgIpc) is 2.11. The third-order valence-electron chi connectivity index (χ3n) is 3.06. The molecule has 1 saturated heterocycles. The van der Waals surface area contributed by atoms with Gasteiger partial charge in [-0.25, -0.2) is 4.79 Å². The summed E-state index contributed by atoms with van der Waals surface area (Å²) in [4.78, 5) is 11.9. The van der Waals surface area contributed by atoms with E-state index >= 15 is 0 Å². The van der Waals surface area contributed by atoms with Crippen LogP contribution in [0.2, 0.25) is 0 Å². The smallest absolute Gasteiger partial charge is 0.261 e. The second-order valence-electron chi connectivity index (χ2n) is 4.17. The maximum Gasteiger partial charge on any atom is 0.313 e. The Bertz CT molecular complexity index is 165. The molecule has 0 spiro atoms. The predicted molar refractivity (Wildman–Crippen MR) is 54.3 cm³/mol. The van der Waals surface area contributed by atoms with Crippen LogP contribution in [-0.2, 0) is 4.79 Å². The molecule has 76 valence electrons. The lowest BCUT2D eigenvalue weighted by Gasteiger charge is -2.38. The van der Waals surface area contributed by atoms with Crippen molar-refractivity contribution >= 4 is 5.91 Å². The fourth-order valence-electron chi connectivity index (χ4n) is 2.49. The Morgan fingerprint density at radius 1 is 1.15 bits per heavy atom. The molecule has 2 heteroatoms. The van der Waals surface area contributed by atoms with Crippen LogP contribution in [0.4, 0.5) is 0 Å². The Morgan fingerprint density at radius 3 is 2.23 bits per heavy atom. The topological polar surface area (TPSA) is 17.1 Å². The minimum atomic E-state index is 0.495. The van der Waals surface area contributed by atoms with Crippen LogP contribution >= 0.6 is 0 Å². The molecule has 0 radical (unpaired) electrons. The summed E-state index contributed by atoms with van der Waals surface area (Å²) in [6.07, 6.45) is 5.44. The molecular formula is C11H22NO+. The van der Waals surface area contributed by atoms with Crippen LogP contribution in [0, 0.1) is 0 Å². The van der Waals surface area contributed by atoms with Crippen LogP contribution in [0.3, 0.4) is 0 Å². The Hall–Kier alpha value is -0.370. The van der Waals surface area contributed by atoms with E-state index in [4.69, 9.17) is 0 Å². The van der Waals surface area contributed by atoms with E-state index in [1.807, 2.05) is 0 Å². The highest BCUT2D eigenvalue weighted by molar-refractivity contribution is 5.69. The summed E-state index contributed by atoms with van der Waals surface area (Å²) in [6, 6.07) is 0. The lowest BCUT2D eigenvalue weighted by molar-refractivity contribution is -0.858. The number of carbonyl (C=O) groups is 1. The first-order valence-corrected chi connectivity index (χ1v) is 5.64. The molecule has 0 N–H and O–H groups in total. The number of nitrogens with zero attached hydrogens (tertiary/aromatic N) is 1. The Kier molecular flexibility index (Phi) is 3.91. The van der Waals surface area contributed by atoms with E-state index in [-0.39, 0.29) is 0 Å². The lowest BCUT2D eigenvalue weighted by Crippen LogP contribution is -2.56. The van der Waals surface area contributed by atoms with Gasteiger partial charge in [0.2, 0.25) is 0 Å². The molecule has 13 heavy (non-hydrogen) atoms. The van der Waals surface area contributed by atoms with E-state index in [1.54, 1.807) is 0 Å². The van der Waals surface area contributed by atoms with Crippen LogP contribution in [0.1, 0.15) is 46.0 Å². The van der Waals surface area contributed by atoms with Crippen molar-refractivity contribution in [1.29, 1.82) is 0 Å². The zero-order valence-electron chi connectivity index (χ0n) is 9.01. The number of quaternary nitrogens is 1. The van der Waals surface area contributed by atoms with E-state index in [0.717, 1.165) is 49.8 Å². The maximum absolute atomic E-state index is 11.9. The fourth-order valence-corrected chi connectivity index (χ4v) is 2.49. The summed E-state index contributed by atoms with van der Waals surface area (Å²) in [5.74, 6) is 0.495. The van der Waals surface area contributed by atoms with E-state index in [1.165, 1.54) is 6.42 Å². The monoisotopic (exact) mass is 184 g/mol. The number of rotatable bonds is 4. The van der Waals surface area contributed by atoms with E-state index in [0.29, 0.717) is 5.91 Å². The molecule has 1 fully saturated rings. The van der Waals surface area contributed by atoms with Crippen molar-refractivity contribution in [3.05, 3.63) is 0 Å². The van der Waals surface area contributed by atoms with Crippen molar-refractivity contribution in [3.8, 4) is 0 Å². The zero-order valence-corrected chi connectivity index (χ0v) is 9.01. The SMILES string of the molecule is CCC[N+]1(CCC)CCCCC1=O. The minimum absolute atomic E-state index is 0.495. The highest BCUT2D eigenvalue weighted by Gasteiger charge is 2.36. The number of amides is 1. The zero-order chi connectivity index (χ0) is 9.73. The summed E-state index contributed by atoms with van der Waals surface area (Å²) in [5, 5.41) is 0. The van der Waals surface area contributed by atoms with Gasteiger partial charge in [-0.15, -0.1) is 0 Å². The highest BCUT2D eigenvalue weighted by Crippen LogP contribution is 2.21. The largest absolute Gasteiger partial charge is 0.313 e. The molecule has 1 rings (SSSR count). The summed E-state index contributed by atoms with van der Waals surface area (Å²) < 4.78 is 0.785. The molecular weight excluding hydrogens is 162 g/mol. The lowest BCUT2D eigenvalue weighted by atomic mass is 10.1. The molecule has 0 aromatic heterocycles. The van der Waals surface area contributed by atoms with Crippen molar-refractivity contribution in [2.75, 3.05) is 19.6 Å². The molecule has 1 amide bonds. The van der Waals surface area contributed by atoms with Crippen molar-refractivity contribution in [2.24, 2.45) is 0 Å². The van der Waals surface area contributed by atoms with Crippen molar-refractivity contribution in [1.82, 2.24) is 0 Å². The van der Waals surface area contributed by atoms with Gasteiger partial charge in [0.25, 0.3) is 0 Å². The van der Waals surface area contributed by atoms with Gasteiger partial charge in [0.15, 0.2) is 0 Å². The standard InChI is InChI=1S/C11H22NO/c1-3-8-12(9-4-2)10-6-5-7-11(12)13/h3-10H2,1-2H3/q+1. The summed E-state index contributed by atoms with van der Waals surface area (Å²) in [6.45, 7) is 7.58. The molecule has 1 aliphatic rings. The molecule has 1 heterocycles. The summed E-state index contributed by atoms with van der Waals surface area (Å²) >= 11 is 0. The number of piperidine rings is 1. The first kappa shape index (κ1) is 10.7. The van der Waals surface area contributed by atoms with Gasteiger partial charge in [0.1, 0.15) is 0 Å². The van der Waals surface area contributed by atoms with Gasteiger partial charge >= 0.3 is 5.91 Å². The highest BCUT2D eigenvalue weighted by atomic mass is 16.2. The second kappa shape index (κ2) is 4.75. The van der Waals surface area contributed by atoms with Gasteiger partial charge in [-0.3, -0.25) is 4.48 Å². The Morgan fingerprint density at radius 2 is 1.77 bits per heavy atom. The van der Waals surface area contributed by atoms with Crippen LogP contribution in [0.25, 0.3) is 0 Å². The Labute approximate surface area is 81.5 Å². The minimum Gasteiger partial charge on any atom is -0.261 e. The van der Waals surface area contributed by atoms with Gasteiger partial charge < -0.3 is 0 Å². The first-order chi connectivity index (χ1) is 6.25. The van der Waals surface area contributed by atoms with Gasteiger partial charge in [-0.1, -0.05) is 13.8 Å². The number of hydrogen-bond acceptors (Lipinski definition) is 1. The van der Waals surface area contributed by atoms with Gasteiger partial charge in [0, 0.05) is 0 Å². The quantitative estimate of drug-likeness (QED) is 0.613. The van der Waals surface area contributed by atoms with Crippen LogP contribution < -0.4 is 0 Å². The van der Waals surface area contributed by atoms with E-state index in [2.05, 4.69) is 13.8 Å². The summed E-state index contributed by atoms with van der Waals surface area (Å²) in [7, 11) is 0. The molecule has 1 aliphatic heterocycles. The maximum atomic E-state index is 11.9. The number of likely N-dealkylation sites (tertiary alicyclic amines) is 1. The van der Waals surface area contributed by atoms with E-state index in [9.17, 15) is 4.79 Å². The molecule has 0 bridgehead atoms.